The zero-order valence-electron chi connectivity index (χ0n) is 13.4. The van der Waals surface area contributed by atoms with Gasteiger partial charge in [0.25, 0.3) is 0 Å². The molecule has 1 aliphatic carbocycles. The lowest BCUT2D eigenvalue weighted by Crippen LogP contribution is -2.26. The molecule has 1 heterocycles. The number of hydrogen-bond acceptors (Lipinski definition) is 6. The molecule has 1 saturated carbocycles. The monoisotopic (exact) mass is 342 g/mol. The molecule has 0 unspecified atom stereocenters. The molecule has 0 saturated heterocycles. The maximum atomic E-state index is 11.7. The third-order valence-corrected chi connectivity index (χ3v) is 5.70. The Bertz CT molecular complexity index is 458. The fourth-order valence-corrected chi connectivity index (χ4v) is 4.09. The smallest absolute Gasteiger partial charge is 0.230 e. The number of nitrogens with zero attached hydrogens (tertiary/aromatic N) is 2. The number of hydrogen-bond donors (Lipinski definition) is 2. The molecule has 1 aromatic rings. The van der Waals surface area contributed by atoms with Crippen molar-refractivity contribution in [1.82, 2.24) is 15.5 Å². The fourth-order valence-electron chi connectivity index (χ4n) is 2.43. The highest BCUT2D eigenvalue weighted by molar-refractivity contribution is 8.01. The van der Waals surface area contributed by atoms with Crippen molar-refractivity contribution in [3.05, 3.63) is 0 Å². The minimum Gasteiger partial charge on any atom is -0.357 e. The van der Waals surface area contributed by atoms with E-state index in [2.05, 4.69) is 34.7 Å². The van der Waals surface area contributed by atoms with E-state index in [4.69, 9.17) is 0 Å². The van der Waals surface area contributed by atoms with Gasteiger partial charge in [-0.15, -0.1) is 10.2 Å². The molecule has 1 amide bonds. The summed E-state index contributed by atoms with van der Waals surface area (Å²) in [7, 11) is 0. The van der Waals surface area contributed by atoms with Crippen LogP contribution in [0.15, 0.2) is 4.34 Å². The van der Waals surface area contributed by atoms with Crippen LogP contribution in [0.1, 0.15) is 52.4 Å². The van der Waals surface area contributed by atoms with E-state index < -0.39 is 0 Å². The van der Waals surface area contributed by atoms with Crippen LogP contribution >= 0.6 is 23.1 Å². The Labute approximate surface area is 141 Å². The topological polar surface area (TPSA) is 66.9 Å². The van der Waals surface area contributed by atoms with E-state index >= 15 is 0 Å². The number of aromatic nitrogens is 2. The second-order valence-electron chi connectivity index (χ2n) is 6.17. The van der Waals surface area contributed by atoms with E-state index in [1.807, 2.05) is 0 Å². The van der Waals surface area contributed by atoms with Crippen molar-refractivity contribution in [2.24, 2.45) is 5.92 Å². The minimum absolute atomic E-state index is 0.0719. The maximum absolute atomic E-state index is 11.7. The highest BCUT2D eigenvalue weighted by atomic mass is 32.2. The Morgan fingerprint density at radius 2 is 2.09 bits per heavy atom. The van der Waals surface area contributed by atoms with E-state index in [9.17, 15) is 4.79 Å². The third kappa shape index (κ3) is 6.52. The van der Waals surface area contributed by atoms with Gasteiger partial charge >= 0.3 is 0 Å². The van der Waals surface area contributed by atoms with Crippen molar-refractivity contribution in [3.8, 4) is 0 Å². The van der Waals surface area contributed by atoms with Gasteiger partial charge in [-0.1, -0.05) is 56.2 Å². The van der Waals surface area contributed by atoms with Gasteiger partial charge in [0.05, 0.1) is 5.75 Å². The number of rotatable bonds is 8. The first-order valence-corrected chi connectivity index (χ1v) is 9.93. The Morgan fingerprint density at radius 1 is 1.32 bits per heavy atom. The minimum atomic E-state index is 0.0719. The summed E-state index contributed by atoms with van der Waals surface area (Å²) in [5.74, 6) is 1.10. The van der Waals surface area contributed by atoms with Crippen molar-refractivity contribution < 1.29 is 4.79 Å². The average Bonchev–Trinajstić information content (AvgIpc) is 2.93. The van der Waals surface area contributed by atoms with Crippen LogP contribution in [0.3, 0.4) is 0 Å². The summed E-state index contributed by atoms with van der Waals surface area (Å²) in [6, 6.07) is 0.541. The summed E-state index contributed by atoms with van der Waals surface area (Å²) in [6.07, 6.45) is 7.41. The molecule has 7 heteroatoms. The molecule has 0 radical (unpaired) electrons. The molecular formula is C15H26N4OS2. The van der Waals surface area contributed by atoms with Gasteiger partial charge in [0.15, 0.2) is 4.34 Å². The van der Waals surface area contributed by atoms with Gasteiger partial charge in [-0.25, -0.2) is 0 Å². The maximum Gasteiger partial charge on any atom is 0.230 e. The molecular weight excluding hydrogens is 316 g/mol. The number of carbonyl (C=O) groups is 1. The van der Waals surface area contributed by atoms with Gasteiger partial charge in [-0.05, 0) is 25.2 Å². The normalized spacial score (nSPS) is 16.0. The first-order chi connectivity index (χ1) is 10.6. The third-order valence-electron chi connectivity index (χ3n) is 3.71. The van der Waals surface area contributed by atoms with Crippen LogP contribution < -0.4 is 10.6 Å². The predicted octanol–water partition coefficient (Wildman–Crippen LogP) is 3.54. The second kappa shape index (κ2) is 9.35. The Kier molecular flexibility index (Phi) is 7.45. The molecule has 1 aromatic heterocycles. The van der Waals surface area contributed by atoms with Gasteiger partial charge in [-0.3, -0.25) is 4.79 Å². The zero-order chi connectivity index (χ0) is 15.8. The number of nitrogens with one attached hydrogen (secondary N) is 2. The first kappa shape index (κ1) is 17.5. The van der Waals surface area contributed by atoms with Gasteiger partial charge < -0.3 is 10.6 Å². The molecule has 0 aromatic carbocycles. The summed E-state index contributed by atoms with van der Waals surface area (Å²) in [5.41, 5.74) is 0. The lowest BCUT2D eigenvalue weighted by atomic mass is 9.96. The van der Waals surface area contributed by atoms with Gasteiger partial charge in [0.2, 0.25) is 11.0 Å². The van der Waals surface area contributed by atoms with Crippen molar-refractivity contribution in [3.63, 3.8) is 0 Å². The standard InChI is InChI=1S/C15H26N4OS2/c1-11(2)8-9-16-13(20)10-21-15-19-18-14(22-15)17-12-6-4-3-5-7-12/h11-12H,3-10H2,1-2H3,(H,16,20)(H,17,18). The van der Waals surface area contributed by atoms with Crippen molar-refractivity contribution in [2.75, 3.05) is 17.6 Å². The number of thioether (sulfide) groups is 1. The quantitative estimate of drug-likeness (QED) is 0.707. The number of anilines is 1. The predicted molar refractivity (Wildman–Crippen MR) is 93.6 cm³/mol. The van der Waals surface area contributed by atoms with E-state index in [1.165, 1.54) is 43.9 Å². The van der Waals surface area contributed by atoms with Crippen LogP contribution in [0.2, 0.25) is 0 Å². The van der Waals surface area contributed by atoms with Crippen molar-refractivity contribution in [2.45, 2.75) is 62.8 Å². The molecule has 0 bridgehead atoms. The molecule has 1 aliphatic rings. The number of carbonyl (C=O) groups excluding carboxylic acids is 1. The largest absolute Gasteiger partial charge is 0.357 e. The molecule has 1 fully saturated rings. The molecule has 2 rings (SSSR count). The van der Waals surface area contributed by atoms with E-state index in [0.717, 1.165) is 22.4 Å². The molecule has 0 atom stereocenters. The molecule has 22 heavy (non-hydrogen) atoms. The Balaban J connectivity index is 1.67. The van der Waals surface area contributed by atoms with E-state index in [1.54, 1.807) is 11.3 Å². The van der Waals surface area contributed by atoms with Crippen LogP contribution in [0.4, 0.5) is 5.13 Å². The van der Waals surface area contributed by atoms with Crippen LogP contribution in [0.5, 0.6) is 0 Å². The first-order valence-electron chi connectivity index (χ1n) is 8.13. The summed E-state index contributed by atoms with van der Waals surface area (Å²) in [6.45, 7) is 5.06. The highest BCUT2D eigenvalue weighted by Crippen LogP contribution is 2.28. The number of amides is 1. The van der Waals surface area contributed by atoms with Gasteiger partial charge in [0.1, 0.15) is 0 Å². The highest BCUT2D eigenvalue weighted by Gasteiger charge is 2.15. The SMILES string of the molecule is CC(C)CCNC(=O)CSc1nnc(NC2CCCCC2)s1. The van der Waals surface area contributed by atoms with E-state index in [-0.39, 0.29) is 5.91 Å². The summed E-state index contributed by atoms with van der Waals surface area (Å²) in [4.78, 5) is 11.7. The summed E-state index contributed by atoms with van der Waals surface area (Å²) >= 11 is 3.01. The zero-order valence-corrected chi connectivity index (χ0v) is 15.1. The molecule has 2 N–H and O–H groups in total. The lowest BCUT2D eigenvalue weighted by Gasteiger charge is -2.21. The van der Waals surface area contributed by atoms with Crippen LogP contribution in [-0.2, 0) is 4.79 Å². The van der Waals surface area contributed by atoms with E-state index in [0.29, 0.717) is 17.7 Å². The fraction of sp³-hybridized carbons (Fsp3) is 0.800. The Hall–Kier alpha value is -0.820. The van der Waals surface area contributed by atoms with Crippen molar-refractivity contribution >= 4 is 34.1 Å². The molecule has 5 nitrogen and oxygen atoms in total. The lowest BCUT2D eigenvalue weighted by molar-refractivity contribution is -0.118. The summed E-state index contributed by atoms with van der Waals surface area (Å²) < 4.78 is 0.859. The Morgan fingerprint density at radius 3 is 2.82 bits per heavy atom. The molecule has 0 spiro atoms. The van der Waals surface area contributed by atoms with Crippen LogP contribution in [0, 0.1) is 5.92 Å². The average molecular weight is 343 g/mol. The second-order valence-corrected chi connectivity index (χ2v) is 8.37. The van der Waals surface area contributed by atoms with Crippen LogP contribution in [0.25, 0.3) is 0 Å². The van der Waals surface area contributed by atoms with Crippen LogP contribution in [-0.4, -0.2) is 34.4 Å². The van der Waals surface area contributed by atoms with Gasteiger partial charge in [-0.2, -0.15) is 0 Å². The summed E-state index contributed by atoms with van der Waals surface area (Å²) in [5, 5.41) is 15.6. The van der Waals surface area contributed by atoms with Gasteiger partial charge in [0, 0.05) is 12.6 Å². The van der Waals surface area contributed by atoms with Crippen molar-refractivity contribution in [1.29, 1.82) is 0 Å². The molecule has 124 valence electrons. The molecule has 0 aliphatic heterocycles.